The fourth-order valence-electron chi connectivity index (χ4n) is 2.12. The number of methoxy groups -OCH3 is 1. The van der Waals surface area contributed by atoms with Gasteiger partial charge in [0.05, 0.1) is 17.7 Å². The molecular weight excluding hydrogens is 396 g/mol. The minimum atomic E-state index is -3.86. The lowest BCUT2D eigenvalue weighted by Crippen LogP contribution is -2.15. The predicted molar refractivity (Wildman–Crippen MR) is 95.5 cm³/mol. The number of halogens is 1. The van der Waals surface area contributed by atoms with Crippen molar-refractivity contribution in [3.05, 3.63) is 52.5 Å². The third-order valence-electron chi connectivity index (χ3n) is 3.30. The van der Waals surface area contributed by atoms with Gasteiger partial charge in [0.2, 0.25) is 15.9 Å². The molecule has 8 heteroatoms. The van der Waals surface area contributed by atoms with Crippen LogP contribution in [0.2, 0.25) is 0 Å². The van der Waals surface area contributed by atoms with Gasteiger partial charge in [-0.3, -0.25) is 4.79 Å². The Morgan fingerprint density at radius 1 is 1.25 bits per heavy atom. The third kappa shape index (κ3) is 5.05. The highest BCUT2D eigenvalue weighted by molar-refractivity contribution is 9.10. The molecule has 24 heavy (non-hydrogen) atoms. The van der Waals surface area contributed by atoms with E-state index in [1.165, 1.54) is 25.3 Å². The quantitative estimate of drug-likeness (QED) is 0.761. The number of nitrogens with one attached hydrogen (secondary N) is 1. The number of anilines is 1. The van der Waals surface area contributed by atoms with E-state index in [4.69, 9.17) is 9.88 Å². The predicted octanol–water partition coefficient (Wildman–Crippen LogP) is 2.68. The molecule has 2 rings (SSSR count). The van der Waals surface area contributed by atoms with Crippen molar-refractivity contribution in [3.63, 3.8) is 0 Å². The minimum absolute atomic E-state index is 0.0920. The van der Waals surface area contributed by atoms with Crippen molar-refractivity contribution in [2.45, 2.75) is 17.7 Å². The normalized spacial score (nSPS) is 11.1. The zero-order valence-corrected chi connectivity index (χ0v) is 15.4. The lowest BCUT2D eigenvalue weighted by atomic mass is 10.1. The van der Waals surface area contributed by atoms with Gasteiger partial charge in [0.15, 0.2) is 0 Å². The highest BCUT2D eigenvalue weighted by Gasteiger charge is 2.14. The summed E-state index contributed by atoms with van der Waals surface area (Å²) in [5.41, 5.74) is 1.29. The zero-order valence-electron chi connectivity index (χ0n) is 13.0. The molecule has 0 saturated carbocycles. The van der Waals surface area contributed by atoms with E-state index in [0.29, 0.717) is 12.2 Å². The Bertz CT molecular complexity index is 853. The lowest BCUT2D eigenvalue weighted by Gasteiger charge is -2.11. The molecule has 0 atom stereocenters. The number of amides is 1. The highest BCUT2D eigenvalue weighted by atomic mass is 79.9. The van der Waals surface area contributed by atoms with E-state index in [9.17, 15) is 13.2 Å². The molecule has 0 bridgehead atoms. The molecule has 3 N–H and O–H groups in total. The molecule has 0 aliphatic heterocycles. The molecule has 0 heterocycles. The molecular formula is C16H17BrN2O4S. The summed E-state index contributed by atoms with van der Waals surface area (Å²) in [6.07, 6.45) is 0.807. The Labute approximate surface area is 149 Å². The van der Waals surface area contributed by atoms with Gasteiger partial charge in [-0.05, 0) is 42.3 Å². The van der Waals surface area contributed by atoms with Crippen molar-refractivity contribution in [2.24, 2.45) is 5.14 Å². The van der Waals surface area contributed by atoms with Crippen LogP contribution in [0.25, 0.3) is 0 Å². The summed E-state index contributed by atoms with van der Waals surface area (Å²) in [6.45, 7) is 0. The topological polar surface area (TPSA) is 98.5 Å². The van der Waals surface area contributed by atoms with Gasteiger partial charge in [-0.1, -0.05) is 28.1 Å². The molecule has 2 aromatic rings. The fraction of sp³-hybridized carbons (Fsp3) is 0.188. The van der Waals surface area contributed by atoms with Crippen LogP contribution in [0, 0.1) is 0 Å². The second-order valence-electron chi connectivity index (χ2n) is 5.09. The maximum Gasteiger partial charge on any atom is 0.238 e. The molecule has 0 radical (unpaired) electrons. The zero-order chi connectivity index (χ0) is 17.7. The number of benzene rings is 2. The van der Waals surface area contributed by atoms with Crippen molar-refractivity contribution in [2.75, 3.05) is 12.4 Å². The number of carbonyl (C=O) groups is 1. The summed E-state index contributed by atoms with van der Waals surface area (Å²) in [5, 5.41) is 7.77. The number of sulfonamides is 1. The number of primary sulfonamides is 1. The van der Waals surface area contributed by atoms with E-state index in [2.05, 4.69) is 21.2 Å². The van der Waals surface area contributed by atoms with Gasteiger partial charge in [-0.15, -0.1) is 0 Å². The van der Waals surface area contributed by atoms with E-state index in [0.717, 1.165) is 10.0 Å². The van der Waals surface area contributed by atoms with Gasteiger partial charge >= 0.3 is 0 Å². The van der Waals surface area contributed by atoms with Crippen LogP contribution in [0.4, 0.5) is 5.69 Å². The minimum Gasteiger partial charge on any atom is -0.495 e. The van der Waals surface area contributed by atoms with Gasteiger partial charge in [0.25, 0.3) is 0 Å². The summed E-state index contributed by atoms with van der Waals surface area (Å²) < 4.78 is 28.9. The SMILES string of the molecule is COc1ccc(S(N)(=O)=O)cc1NC(=O)CCc1cccc(Br)c1. The molecule has 1 amide bonds. The first kappa shape index (κ1) is 18.4. The van der Waals surface area contributed by atoms with Crippen LogP contribution in [0.1, 0.15) is 12.0 Å². The summed E-state index contributed by atoms with van der Waals surface area (Å²) in [5.74, 6) is 0.109. The lowest BCUT2D eigenvalue weighted by molar-refractivity contribution is -0.116. The summed E-state index contributed by atoms with van der Waals surface area (Å²) in [6, 6.07) is 11.7. The van der Waals surface area contributed by atoms with E-state index in [1.807, 2.05) is 24.3 Å². The van der Waals surface area contributed by atoms with Crippen LogP contribution in [-0.4, -0.2) is 21.4 Å². The standard InChI is InChI=1S/C16H17BrN2O4S/c1-23-15-7-6-13(24(18,21)22)10-14(15)19-16(20)8-5-11-3-2-4-12(17)9-11/h2-4,6-7,9-10H,5,8H2,1H3,(H,19,20)(H2,18,21,22). The van der Waals surface area contributed by atoms with Crippen LogP contribution in [0.5, 0.6) is 5.75 Å². The van der Waals surface area contributed by atoms with E-state index in [-0.39, 0.29) is 22.9 Å². The van der Waals surface area contributed by atoms with Crippen molar-refractivity contribution < 1.29 is 17.9 Å². The largest absolute Gasteiger partial charge is 0.495 e. The van der Waals surface area contributed by atoms with Crippen LogP contribution < -0.4 is 15.2 Å². The van der Waals surface area contributed by atoms with Crippen LogP contribution >= 0.6 is 15.9 Å². The van der Waals surface area contributed by atoms with Gasteiger partial charge < -0.3 is 10.1 Å². The molecule has 0 aromatic heterocycles. The summed E-state index contributed by atoms with van der Waals surface area (Å²) in [4.78, 5) is 12.0. The number of aryl methyl sites for hydroxylation is 1. The van der Waals surface area contributed by atoms with E-state index >= 15 is 0 Å². The van der Waals surface area contributed by atoms with Gasteiger partial charge in [-0.25, -0.2) is 13.6 Å². The van der Waals surface area contributed by atoms with Gasteiger partial charge in [-0.2, -0.15) is 0 Å². The first-order valence-electron chi connectivity index (χ1n) is 7.05. The number of ether oxygens (including phenoxy) is 1. The Morgan fingerprint density at radius 3 is 2.62 bits per heavy atom. The molecule has 0 saturated heterocycles. The van der Waals surface area contributed by atoms with Crippen molar-refractivity contribution in [3.8, 4) is 5.75 Å². The average molecular weight is 413 g/mol. The molecule has 2 aromatic carbocycles. The smallest absolute Gasteiger partial charge is 0.238 e. The molecule has 6 nitrogen and oxygen atoms in total. The van der Waals surface area contributed by atoms with Crippen LogP contribution in [-0.2, 0) is 21.2 Å². The average Bonchev–Trinajstić information content (AvgIpc) is 2.52. The third-order valence-corrected chi connectivity index (χ3v) is 4.71. The summed E-state index contributed by atoms with van der Waals surface area (Å²) in [7, 11) is -2.42. The van der Waals surface area contributed by atoms with E-state index < -0.39 is 10.0 Å². The first-order valence-corrected chi connectivity index (χ1v) is 9.38. The highest BCUT2D eigenvalue weighted by Crippen LogP contribution is 2.27. The monoisotopic (exact) mass is 412 g/mol. The van der Waals surface area contributed by atoms with E-state index in [1.54, 1.807) is 0 Å². The maximum absolute atomic E-state index is 12.1. The van der Waals surface area contributed by atoms with Crippen LogP contribution in [0.15, 0.2) is 51.8 Å². The second kappa shape index (κ2) is 7.78. The molecule has 128 valence electrons. The maximum atomic E-state index is 12.1. The molecule has 0 spiro atoms. The molecule has 0 aliphatic rings. The Kier molecular flexibility index (Phi) is 5.98. The number of rotatable bonds is 6. The van der Waals surface area contributed by atoms with Crippen LogP contribution in [0.3, 0.4) is 0 Å². The van der Waals surface area contributed by atoms with Crippen molar-refractivity contribution in [1.82, 2.24) is 0 Å². The Hall–Kier alpha value is -1.90. The second-order valence-corrected chi connectivity index (χ2v) is 7.56. The summed E-state index contributed by atoms with van der Waals surface area (Å²) >= 11 is 3.38. The Balaban J connectivity index is 2.10. The molecule has 0 unspecified atom stereocenters. The molecule has 0 aliphatic carbocycles. The number of carbonyl (C=O) groups excluding carboxylic acids is 1. The number of hydrogen-bond donors (Lipinski definition) is 2. The Morgan fingerprint density at radius 2 is 2.00 bits per heavy atom. The van der Waals surface area contributed by atoms with Gasteiger partial charge in [0, 0.05) is 10.9 Å². The van der Waals surface area contributed by atoms with Crippen molar-refractivity contribution >= 4 is 37.5 Å². The molecule has 0 fully saturated rings. The number of nitrogens with two attached hydrogens (primary N) is 1. The fourth-order valence-corrected chi connectivity index (χ4v) is 3.11. The van der Waals surface area contributed by atoms with Gasteiger partial charge in [0.1, 0.15) is 5.75 Å². The first-order chi connectivity index (χ1) is 11.3. The van der Waals surface area contributed by atoms with Crippen molar-refractivity contribution in [1.29, 1.82) is 0 Å². The number of hydrogen-bond acceptors (Lipinski definition) is 4.